The Morgan fingerprint density at radius 2 is 1.92 bits per heavy atom. The van der Waals surface area contributed by atoms with E-state index in [2.05, 4.69) is 46.8 Å². The molecule has 0 bridgehead atoms. The van der Waals surface area contributed by atoms with Crippen LogP contribution in [-0.2, 0) is 6.54 Å². The van der Waals surface area contributed by atoms with E-state index in [-0.39, 0.29) is 0 Å². The highest BCUT2D eigenvalue weighted by atomic mass is 32.2. The Morgan fingerprint density at radius 1 is 1.12 bits per heavy atom. The van der Waals surface area contributed by atoms with Crippen LogP contribution in [-0.4, -0.2) is 45.0 Å². The van der Waals surface area contributed by atoms with Gasteiger partial charge in [-0.05, 0) is 30.0 Å². The van der Waals surface area contributed by atoms with E-state index in [1.165, 1.54) is 16.0 Å². The summed E-state index contributed by atoms with van der Waals surface area (Å²) in [5, 5.41) is 3.52. The van der Waals surface area contributed by atoms with E-state index in [9.17, 15) is 0 Å². The number of ether oxygens (including phenoxy) is 2. The predicted octanol–water partition coefficient (Wildman–Crippen LogP) is 3.57. The second kappa shape index (κ2) is 8.61. The molecule has 0 radical (unpaired) electrons. The molecule has 0 spiro atoms. The van der Waals surface area contributed by atoms with Gasteiger partial charge in [0.15, 0.2) is 0 Å². The van der Waals surface area contributed by atoms with Gasteiger partial charge in [-0.2, -0.15) is 0 Å². The van der Waals surface area contributed by atoms with Crippen LogP contribution in [0.3, 0.4) is 0 Å². The van der Waals surface area contributed by atoms with E-state index >= 15 is 0 Å². The van der Waals surface area contributed by atoms with Gasteiger partial charge in [-0.1, -0.05) is 24.3 Å². The zero-order valence-electron chi connectivity index (χ0n) is 15.1. The van der Waals surface area contributed by atoms with Crippen LogP contribution in [0.25, 0.3) is 0 Å². The smallest absolute Gasteiger partial charge is 0.132 e. The molecular formula is C20H26N2O2S. The Hall–Kier alpha value is -1.69. The second-order valence-corrected chi connectivity index (χ2v) is 6.97. The van der Waals surface area contributed by atoms with Gasteiger partial charge in [0.1, 0.15) is 11.5 Å². The lowest BCUT2D eigenvalue weighted by Crippen LogP contribution is -2.45. The van der Waals surface area contributed by atoms with Crippen LogP contribution in [0.1, 0.15) is 17.2 Å². The summed E-state index contributed by atoms with van der Waals surface area (Å²) in [4.78, 5) is 3.69. The van der Waals surface area contributed by atoms with Crippen LogP contribution in [0.2, 0.25) is 0 Å². The molecule has 25 heavy (non-hydrogen) atoms. The van der Waals surface area contributed by atoms with E-state index in [1.54, 1.807) is 26.0 Å². The fourth-order valence-corrected chi connectivity index (χ4v) is 3.95. The molecule has 3 rings (SSSR count). The number of hydrogen-bond donors (Lipinski definition) is 1. The monoisotopic (exact) mass is 358 g/mol. The van der Waals surface area contributed by atoms with Crippen molar-refractivity contribution in [2.75, 3.05) is 40.1 Å². The van der Waals surface area contributed by atoms with E-state index in [4.69, 9.17) is 9.47 Å². The molecule has 0 aromatic heterocycles. The molecule has 1 aliphatic rings. The lowest BCUT2D eigenvalue weighted by atomic mass is 10.0. The van der Waals surface area contributed by atoms with Crippen molar-refractivity contribution in [2.45, 2.75) is 17.5 Å². The molecule has 4 nitrogen and oxygen atoms in total. The molecule has 5 heteroatoms. The number of nitrogens with one attached hydrogen (secondary N) is 1. The maximum atomic E-state index is 5.59. The zero-order chi connectivity index (χ0) is 17.6. The molecule has 1 saturated heterocycles. The largest absolute Gasteiger partial charge is 0.496 e. The summed E-state index contributed by atoms with van der Waals surface area (Å²) >= 11 is 1.71. The summed E-state index contributed by atoms with van der Waals surface area (Å²) < 4.78 is 11.1. The van der Waals surface area contributed by atoms with Crippen molar-refractivity contribution in [3.05, 3.63) is 53.6 Å². The first-order valence-electron chi connectivity index (χ1n) is 8.55. The van der Waals surface area contributed by atoms with E-state index < -0.39 is 0 Å². The molecular weight excluding hydrogens is 332 g/mol. The van der Waals surface area contributed by atoms with E-state index in [0.717, 1.165) is 37.7 Å². The fraction of sp³-hybridized carbons (Fsp3) is 0.400. The van der Waals surface area contributed by atoms with Crippen LogP contribution in [0.5, 0.6) is 11.5 Å². The highest BCUT2D eigenvalue weighted by molar-refractivity contribution is 7.98. The molecule has 0 amide bonds. The van der Waals surface area contributed by atoms with Gasteiger partial charge in [-0.15, -0.1) is 11.8 Å². The number of benzene rings is 2. The van der Waals surface area contributed by atoms with Gasteiger partial charge in [-0.3, -0.25) is 4.90 Å². The van der Waals surface area contributed by atoms with Gasteiger partial charge in [0, 0.05) is 36.6 Å². The molecule has 134 valence electrons. The van der Waals surface area contributed by atoms with Crippen molar-refractivity contribution in [3.8, 4) is 11.5 Å². The Kier molecular flexibility index (Phi) is 6.24. The number of nitrogens with zero attached hydrogens (tertiary/aromatic N) is 1. The minimum atomic E-state index is 0.302. The standard InChI is InChI=1S/C20H26N2O2S/c1-23-18-7-5-4-6-16(18)17-13-21-10-11-22(17)14-15-8-9-20(25-3)19(12-15)24-2/h4-9,12,17,21H,10-11,13-14H2,1-3H3. The normalized spacial score (nSPS) is 18.1. The van der Waals surface area contributed by atoms with Gasteiger partial charge in [0.2, 0.25) is 0 Å². The highest BCUT2D eigenvalue weighted by Gasteiger charge is 2.26. The Balaban J connectivity index is 1.84. The van der Waals surface area contributed by atoms with Crippen molar-refractivity contribution >= 4 is 11.8 Å². The van der Waals surface area contributed by atoms with Crippen molar-refractivity contribution in [1.82, 2.24) is 10.2 Å². The first kappa shape index (κ1) is 18.1. The lowest BCUT2D eigenvalue weighted by Gasteiger charge is -2.37. The fourth-order valence-electron chi connectivity index (χ4n) is 3.40. The van der Waals surface area contributed by atoms with E-state index in [1.807, 2.05) is 12.1 Å². The van der Waals surface area contributed by atoms with E-state index in [0.29, 0.717) is 6.04 Å². The van der Waals surface area contributed by atoms with Gasteiger partial charge in [0.05, 0.1) is 20.3 Å². The van der Waals surface area contributed by atoms with Crippen molar-refractivity contribution in [1.29, 1.82) is 0 Å². The number of thioether (sulfide) groups is 1. The molecule has 0 saturated carbocycles. The van der Waals surface area contributed by atoms with Crippen LogP contribution in [0.4, 0.5) is 0 Å². The first-order chi connectivity index (χ1) is 12.3. The van der Waals surface area contributed by atoms with Crippen LogP contribution < -0.4 is 14.8 Å². The van der Waals surface area contributed by atoms with Crippen molar-refractivity contribution in [2.24, 2.45) is 0 Å². The van der Waals surface area contributed by atoms with Crippen molar-refractivity contribution < 1.29 is 9.47 Å². The quantitative estimate of drug-likeness (QED) is 0.799. The van der Waals surface area contributed by atoms with Gasteiger partial charge in [0.25, 0.3) is 0 Å². The summed E-state index contributed by atoms with van der Waals surface area (Å²) in [5.41, 5.74) is 2.52. The SMILES string of the molecule is COc1cc(CN2CCNCC2c2ccccc2OC)ccc1SC. The third kappa shape index (κ3) is 4.11. The van der Waals surface area contributed by atoms with Gasteiger partial charge < -0.3 is 14.8 Å². The van der Waals surface area contributed by atoms with Crippen molar-refractivity contribution in [3.63, 3.8) is 0 Å². The summed E-state index contributed by atoms with van der Waals surface area (Å²) in [7, 11) is 3.48. The number of methoxy groups -OCH3 is 2. The van der Waals surface area contributed by atoms with Crippen LogP contribution in [0, 0.1) is 0 Å². The number of para-hydroxylation sites is 1. The molecule has 2 aromatic carbocycles. The molecule has 1 N–H and O–H groups in total. The minimum Gasteiger partial charge on any atom is -0.496 e. The molecule has 1 atom stereocenters. The molecule has 1 aliphatic heterocycles. The van der Waals surface area contributed by atoms with Gasteiger partial charge in [-0.25, -0.2) is 0 Å². The van der Waals surface area contributed by atoms with Crippen LogP contribution >= 0.6 is 11.8 Å². The third-order valence-electron chi connectivity index (χ3n) is 4.69. The Bertz CT molecular complexity index is 708. The summed E-state index contributed by atoms with van der Waals surface area (Å²) in [6.07, 6.45) is 2.07. The minimum absolute atomic E-state index is 0.302. The maximum Gasteiger partial charge on any atom is 0.132 e. The Labute approximate surface area is 154 Å². The number of piperazine rings is 1. The molecule has 0 aliphatic carbocycles. The highest BCUT2D eigenvalue weighted by Crippen LogP contribution is 2.33. The molecule has 1 unspecified atom stereocenters. The van der Waals surface area contributed by atoms with Crippen LogP contribution in [0.15, 0.2) is 47.4 Å². The summed E-state index contributed by atoms with van der Waals surface area (Å²) in [5.74, 6) is 1.91. The number of hydrogen-bond acceptors (Lipinski definition) is 5. The first-order valence-corrected chi connectivity index (χ1v) is 9.78. The summed E-state index contributed by atoms with van der Waals surface area (Å²) in [6, 6.07) is 15.1. The molecule has 2 aromatic rings. The average molecular weight is 359 g/mol. The third-order valence-corrected chi connectivity index (χ3v) is 5.46. The maximum absolute atomic E-state index is 5.59. The van der Waals surface area contributed by atoms with Gasteiger partial charge >= 0.3 is 0 Å². The molecule has 1 heterocycles. The topological polar surface area (TPSA) is 33.7 Å². The number of rotatable bonds is 6. The predicted molar refractivity (Wildman–Crippen MR) is 104 cm³/mol. The Morgan fingerprint density at radius 3 is 2.68 bits per heavy atom. The second-order valence-electron chi connectivity index (χ2n) is 6.12. The average Bonchev–Trinajstić information content (AvgIpc) is 2.68. The summed E-state index contributed by atoms with van der Waals surface area (Å²) in [6.45, 7) is 3.84. The zero-order valence-corrected chi connectivity index (χ0v) is 15.9. The molecule has 1 fully saturated rings. The lowest BCUT2D eigenvalue weighted by molar-refractivity contribution is 0.151.